The summed E-state index contributed by atoms with van der Waals surface area (Å²) >= 11 is 5.74. The molecule has 88 valence electrons. The molecule has 1 aromatic heterocycles. The van der Waals surface area contributed by atoms with Crippen LogP contribution in [-0.4, -0.2) is 11.5 Å². The Labute approximate surface area is 105 Å². The summed E-state index contributed by atoms with van der Waals surface area (Å²) in [5.74, 6) is 0.790. The van der Waals surface area contributed by atoms with Crippen molar-refractivity contribution in [2.45, 2.75) is 6.10 Å². The molecule has 2 aromatic rings. The molecule has 0 aliphatic rings. The van der Waals surface area contributed by atoms with Crippen molar-refractivity contribution in [2.24, 2.45) is 5.73 Å². The third-order valence-electron chi connectivity index (χ3n) is 2.36. The van der Waals surface area contributed by atoms with Gasteiger partial charge in [0, 0.05) is 18.3 Å². The van der Waals surface area contributed by atoms with E-state index in [1.165, 1.54) is 0 Å². The fourth-order valence-electron chi connectivity index (χ4n) is 1.49. The first kappa shape index (κ1) is 11.9. The quantitative estimate of drug-likeness (QED) is 0.847. The van der Waals surface area contributed by atoms with Crippen LogP contribution in [0.1, 0.15) is 11.7 Å². The molecule has 0 radical (unpaired) electrons. The fraction of sp³-hybridized carbons (Fsp3) is 0.154. The van der Waals surface area contributed by atoms with Crippen molar-refractivity contribution < 1.29 is 4.74 Å². The standard InChI is InChI=1S/C13H13ClN2O/c14-13-7-6-10(9-16-13)12(8-15)17-11-4-2-1-3-5-11/h1-7,9,12H,8,15H2. The zero-order valence-corrected chi connectivity index (χ0v) is 9.97. The molecule has 1 atom stereocenters. The molecule has 0 aliphatic carbocycles. The van der Waals surface area contributed by atoms with Crippen LogP contribution < -0.4 is 10.5 Å². The predicted octanol–water partition coefficient (Wildman–Crippen LogP) is 2.81. The SMILES string of the molecule is NCC(Oc1ccccc1)c1ccc(Cl)nc1. The first-order valence-corrected chi connectivity index (χ1v) is 5.70. The second-order valence-electron chi connectivity index (χ2n) is 3.57. The van der Waals surface area contributed by atoms with E-state index >= 15 is 0 Å². The number of nitrogens with two attached hydrogens (primary N) is 1. The lowest BCUT2D eigenvalue weighted by Gasteiger charge is -2.17. The van der Waals surface area contributed by atoms with Crippen LogP contribution >= 0.6 is 11.6 Å². The second-order valence-corrected chi connectivity index (χ2v) is 3.96. The highest BCUT2D eigenvalue weighted by Gasteiger charge is 2.11. The van der Waals surface area contributed by atoms with Gasteiger partial charge in [0.25, 0.3) is 0 Å². The smallest absolute Gasteiger partial charge is 0.137 e. The van der Waals surface area contributed by atoms with Crippen LogP contribution in [0.15, 0.2) is 48.7 Å². The molecule has 0 saturated carbocycles. The van der Waals surface area contributed by atoms with Gasteiger partial charge < -0.3 is 10.5 Å². The molecule has 0 amide bonds. The van der Waals surface area contributed by atoms with E-state index in [0.29, 0.717) is 11.7 Å². The Kier molecular flexibility index (Phi) is 3.96. The summed E-state index contributed by atoms with van der Waals surface area (Å²) in [5.41, 5.74) is 6.62. The molecule has 0 spiro atoms. The maximum Gasteiger partial charge on any atom is 0.137 e. The van der Waals surface area contributed by atoms with Gasteiger partial charge in [0.05, 0.1) is 0 Å². The largest absolute Gasteiger partial charge is 0.484 e. The highest BCUT2D eigenvalue weighted by molar-refractivity contribution is 6.29. The number of ether oxygens (including phenoxy) is 1. The van der Waals surface area contributed by atoms with E-state index in [0.717, 1.165) is 11.3 Å². The normalized spacial score (nSPS) is 12.1. The minimum Gasteiger partial charge on any atom is -0.484 e. The number of para-hydroxylation sites is 1. The maximum atomic E-state index is 5.78. The Bertz CT molecular complexity index is 459. The lowest BCUT2D eigenvalue weighted by molar-refractivity contribution is 0.214. The van der Waals surface area contributed by atoms with Crippen LogP contribution in [0.2, 0.25) is 5.15 Å². The number of hydrogen-bond donors (Lipinski definition) is 1. The molecule has 17 heavy (non-hydrogen) atoms. The molecule has 0 bridgehead atoms. The summed E-state index contributed by atoms with van der Waals surface area (Å²) in [4.78, 5) is 4.02. The van der Waals surface area contributed by atoms with Gasteiger partial charge in [-0.25, -0.2) is 4.98 Å². The monoisotopic (exact) mass is 248 g/mol. The van der Waals surface area contributed by atoms with Crippen molar-refractivity contribution in [2.75, 3.05) is 6.54 Å². The van der Waals surface area contributed by atoms with E-state index in [1.54, 1.807) is 12.3 Å². The van der Waals surface area contributed by atoms with Gasteiger partial charge >= 0.3 is 0 Å². The van der Waals surface area contributed by atoms with Crippen molar-refractivity contribution in [3.63, 3.8) is 0 Å². The molecule has 3 nitrogen and oxygen atoms in total. The van der Waals surface area contributed by atoms with Gasteiger partial charge in [-0.2, -0.15) is 0 Å². The Morgan fingerprint density at radius 3 is 2.53 bits per heavy atom. The molecule has 2 N–H and O–H groups in total. The summed E-state index contributed by atoms with van der Waals surface area (Å²) in [6.07, 6.45) is 1.48. The molecule has 1 aromatic carbocycles. The van der Waals surface area contributed by atoms with E-state index in [2.05, 4.69) is 4.98 Å². The highest BCUT2D eigenvalue weighted by atomic mass is 35.5. The average Bonchev–Trinajstić information content (AvgIpc) is 2.38. The van der Waals surface area contributed by atoms with Crippen LogP contribution in [-0.2, 0) is 0 Å². The first-order valence-electron chi connectivity index (χ1n) is 5.33. The fourth-order valence-corrected chi connectivity index (χ4v) is 1.61. The summed E-state index contributed by atoms with van der Waals surface area (Å²) in [7, 11) is 0. The minimum atomic E-state index is -0.206. The molecule has 2 rings (SSSR count). The van der Waals surface area contributed by atoms with Gasteiger partial charge in [0.1, 0.15) is 17.0 Å². The molecule has 1 unspecified atom stereocenters. The lowest BCUT2D eigenvalue weighted by Crippen LogP contribution is -2.18. The van der Waals surface area contributed by atoms with Crippen LogP contribution in [0.5, 0.6) is 5.75 Å². The number of hydrogen-bond acceptors (Lipinski definition) is 3. The molecule has 1 heterocycles. The Hall–Kier alpha value is -1.58. The van der Waals surface area contributed by atoms with Gasteiger partial charge in [-0.05, 0) is 18.2 Å². The van der Waals surface area contributed by atoms with E-state index in [9.17, 15) is 0 Å². The van der Waals surface area contributed by atoms with Gasteiger partial charge in [0.2, 0.25) is 0 Å². The second kappa shape index (κ2) is 5.66. The zero-order valence-electron chi connectivity index (χ0n) is 9.21. The van der Waals surface area contributed by atoms with Gasteiger partial charge in [-0.1, -0.05) is 35.9 Å². The molecular weight excluding hydrogens is 236 g/mol. The molecular formula is C13H13ClN2O. The molecule has 0 fully saturated rings. The Morgan fingerprint density at radius 2 is 1.94 bits per heavy atom. The van der Waals surface area contributed by atoms with Gasteiger partial charge in [0.15, 0.2) is 0 Å². The lowest BCUT2D eigenvalue weighted by atomic mass is 10.1. The van der Waals surface area contributed by atoms with E-state index < -0.39 is 0 Å². The van der Waals surface area contributed by atoms with Crippen LogP contribution in [0.25, 0.3) is 0 Å². The number of halogens is 1. The third kappa shape index (κ3) is 3.19. The number of nitrogens with zero attached hydrogens (tertiary/aromatic N) is 1. The first-order chi connectivity index (χ1) is 8.29. The topological polar surface area (TPSA) is 48.1 Å². The third-order valence-corrected chi connectivity index (χ3v) is 2.58. The zero-order chi connectivity index (χ0) is 12.1. The van der Waals surface area contributed by atoms with E-state index in [1.807, 2.05) is 36.4 Å². The summed E-state index contributed by atoms with van der Waals surface area (Å²) in [6, 6.07) is 13.2. The number of rotatable bonds is 4. The van der Waals surface area contributed by atoms with Crippen molar-refractivity contribution in [1.82, 2.24) is 4.98 Å². The summed E-state index contributed by atoms with van der Waals surface area (Å²) in [5, 5.41) is 0.462. The number of pyridine rings is 1. The Morgan fingerprint density at radius 1 is 1.18 bits per heavy atom. The highest BCUT2D eigenvalue weighted by Crippen LogP contribution is 2.21. The molecule has 0 saturated heterocycles. The summed E-state index contributed by atoms with van der Waals surface area (Å²) < 4.78 is 5.78. The van der Waals surface area contributed by atoms with Crippen LogP contribution in [0.4, 0.5) is 0 Å². The van der Waals surface area contributed by atoms with Crippen molar-refractivity contribution in [3.8, 4) is 5.75 Å². The molecule has 4 heteroatoms. The minimum absolute atomic E-state index is 0.206. The molecule has 0 aliphatic heterocycles. The van der Waals surface area contributed by atoms with Crippen molar-refractivity contribution in [3.05, 3.63) is 59.4 Å². The number of benzene rings is 1. The van der Waals surface area contributed by atoms with E-state index in [4.69, 9.17) is 22.1 Å². The van der Waals surface area contributed by atoms with E-state index in [-0.39, 0.29) is 6.10 Å². The van der Waals surface area contributed by atoms with Crippen LogP contribution in [0, 0.1) is 0 Å². The van der Waals surface area contributed by atoms with Crippen molar-refractivity contribution >= 4 is 11.6 Å². The van der Waals surface area contributed by atoms with Crippen LogP contribution in [0.3, 0.4) is 0 Å². The predicted molar refractivity (Wildman–Crippen MR) is 68.1 cm³/mol. The summed E-state index contributed by atoms with van der Waals surface area (Å²) in [6.45, 7) is 0.387. The maximum absolute atomic E-state index is 5.78. The Balaban J connectivity index is 2.14. The van der Waals surface area contributed by atoms with Gasteiger partial charge in [-0.15, -0.1) is 0 Å². The van der Waals surface area contributed by atoms with Crippen molar-refractivity contribution in [1.29, 1.82) is 0 Å². The average molecular weight is 249 g/mol. The number of aromatic nitrogens is 1. The van der Waals surface area contributed by atoms with Gasteiger partial charge in [-0.3, -0.25) is 0 Å².